The molecule has 0 aromatic heterocycles. The van der Waals surface area contributed by atoms with Gasteiger partial charge in [0.2, 0.25) is 0 Å². The Morgan fingerprint density at radius 1 is 1.35 bits per heavy atom. The average molecular weight is 242 g/mol. The van der Waals surface area contributed by atoms with E-state index in [0.717, 1.165) is 18.9 Å². The monoisotopic (exact) mass is 242 g/mol. The maximum absolute atomic E-state index is 13.2. The molecule has 2 N–H and O–H groups in total. The van der Waals surface area contributed by atoms with Crippen LogP contribution in [0.25, 0.3) is 0 Å². The molecule has 1 fully saturated rings. The van der Waals surface area contributed by atoms with Crippen molar-refractivity contribution in [1.29, 1.82) is 0 Å². The molecule has 0 heterocycles. The fraction of sp³-hybridized carbons (Fsp3) is 0.455. The van der Waals surface area contributed by atoms with Crippen LogP contribution in [0.5, 0.6) is 0 Å². The molecule has 6 heteroatoms. The summed E-state index contributed by atoms with van der Waals surface area (Å²) in [6, 6.07) is 1.59. The molecule has 92 valence electrons. The van der Waals surface area contributed by atoms with Crippen molar-refractivity contribution >= 4 is 5.69 Å². The molecule has 4 nitrogen and oxygen atoms in total. The van der Waals surface area contributed by atoms with Gasteiger partial charge in [-0.25, -0.2) is 8.78 Å². The van der Waals surface area contributed by atoms with Gasteiger partial charge >= 0.3 is 0 Å². The topological polar surface area (TPSA) is 69.2 Å². The highest BCUT2D eigenvalue weighted by molar-refractivity contribution is 5.48. The van der Waals surface area contributed by atoms with E-state index >= 15 is 0 Å². The van der Waals surface area contributed by atoms with Crippen LogP contribution in [0.4, 0.5) is 14.5 Å². The van der Waals surface area contributed by atoms with E-state index in [-0.39, 0.29) is 11.3 Å². The summed E-state index contributed by atoms with van der Waals surface area (Å²) < 4.78 is 26.2. The van der Waals surface area contributed by atoms with E-state index in [1.54, 1.807) is 0 Å². The molecule has 1 saturated carbocycles. The molecule has 1 aromatic carbocycles. The molecule has 1 aromatic rings. The van der Waals surface area contributed by atoms with Crippen LogP contribution in [0, 0.1) is 21.7 Å². The van der Waals surface area contributed by atoms with Gasteiger partial charge in [-0.2, -0.15) is 0 Å². The van der Waals surface area contributed by atoms with Gasteiger partial charge in [-0.05, 0) is 31.9 Å². The van der Waals surface area contributed by atoms with Crippen LogP contribution in [0.1, 0.15) is 24.8 Å². The summed E-state index contributed by atoms with van der Waals surface area (Å²) in [5.74, 6) is -2.24. The van der Waals surface area contributed by atoms with Crippen LogP contribution >= 0.6 is 0 Å². The molecule has 0 bridgehead atoms. The van der Waals surface area contributed by atoms with Gasteiger partial charge in [-0.1, -0.05) is 0 Å². The van der Waals surface area contributed by atoms with Gasteiger partial charge in [-0.15, -0.1) is 0 Å². The Morgan fingerprint density at radius 2 is 1.94 bits per heavy atom. The van der Waals surface area contributed by atoms with Crippen LogP contribution in [0.3, 0.4) is 0 Å². The number of nitro groups is 1. The molecule has 1 aliphatic rings. The largest absolute Gasteiger partial charge is 0.330 e. The summed E-state index contributed by atoms with van der Waals surface area (Å²) in [4.78, 5) is 10.2. The minimum Gasteiger partial charge on any atom is -0.330 e. The third-order valence-corrected chi connectivity index (χ3v) is 3.28. The summed E-state index contributed by atoms with van der Waals surface area (Å²) in [7, 11) is 0. The van der Waals surface area contributed by atoms with Crippen molar-refractivity contribution in [2.45, 2.75) is 24.7 Å². The fourth-order valence-electron chi connectivity index (χ4n) is 2.19. The zero-order valence-electron chi connectivity index (χ0n) is 9.08. The molecule has 0 radical (unpaired) electrons. The van der Waals surface area contributed by atoms with E-state index in [4.69, 9.17) is 5.73 Å². The average Bonchev–Trinajstić information content (AvgIpc) is 3.02. The van der Waals surface area contributed by atoms with Crippen molar-refractivity contribution in [1.82, 2.24) is 0 Å². The highest BCUT2D eigenvalue weighted by Crippen LogP contribution is 2.53. The second-order valence-corrected chi connectivity index (χ2v) is 4.36. The Hall–Kier alpha value is -1.56. The standard InChI is InChI=1S/C11H12F2N2O2/c12-8-5-7(11(1-2-11)3-4-14)10(15(16)17)6-9(8)13/h5-6H,1-4,14H2. The first-order valence-electron chi connectivity index (χ1n) is 5.34. The second kappa shape index (κ2) is 4.03. The van der Waals surface area contributed by atoms with E-state index in [1.807, 2.05) is 0 Å². The van der Waals surface area contributed by atoms with E-state index in [9.17, 15) is 18.9 Å². The molecule has 0 spiro atoms. The Balaban J connectivity index is 2.52. The summed E-state index contributed by atoms with van der Waals surface area (Å²) in [6.45, 7) is 0.371. The lowest BCUT2D eigenvalue weighted by atomic mass is 9.91. The summed E-state index contributed by atoms with van der Waals surface area (Å²) in [5, 5.41) is 10.8. The molecule has 0 saturated heterocycles. The number of nitro benzene ring substituents is 1. The first kappa shape index (κ1) is 11.9. The molecule has 0 atom stereocenters. The molecule has 0 amide bonds. The molecular formula is C11H12F2N2O2. The van der Waals surface area contributed by atoms with Crippen LogP contribution in [0.15, 0.2) is 12.1 Å². The molecule has 1 aliphatic carbocycles. The molecule has 0 unspecified atom stereocenters. The van der Waals surface area contributed by atoms with Gasteiger partial charge in [0, 0.05) is 11.0 Å². The van der Waals surface area contributed by atoms with Gasteiger partial charge in [0.25, 0.3) is 5.69 Å². The Labute approximate surface area is 96.6 Å². The number of halogens is 2. The lowest BCUT2D eigenvalue weighted by Crippen LogP contribution is -2.16. The van der Waals surface area contributed by atoms with Crippen molar-refractivity contribution in [3.05, 3.63) is 39.4 Å². The van der Waals surface area contributed by atoms with Crippen molar-refractivity contribution in [3.8, 4) is 0 Å². The third-order valence-electron chi connectivity index (χ3n) is 3.28. The molecule has 0 aliphatic heterocycles. The third kappa shape index (κ3) is 2.00. The number of nitrogens with two attached hydrogens (primary N) is 1. The van der Waals surface area contributed by atoms with E-state index in [0.29, 0.717) is 19.0 Å². The first-order valence-corrected chi connectivity index (χ1v) is 5.34. The quantitative estimate of drug-likeness (QED) is 0.650. The highest BCUT2D eigenvalue weighted by Gasteiger charge is 2.47. The molecule has 17 heavy (non-hydrogen) atoms. The van der Waals surface area contributed by atoms with Crippen LogP contribution in [-0.4, -0.2) is 11.5 Å². The molecule has 2 rings (SSSR count). The van der Waals surface area contributed by atoms with E-state index in [1.165, 1.54) is 0 Å². The number of benzene rings is 1. The Bertz CT molecular complexity index is 473. The fourth-order valence-corrected chi connectivity index (χ4v) is 2.19. The first-order chi connectivity index (χ1) is 8.00. The van der Waals surface area contributed by atoms with Gasteiger partial charge in [0.1, 0.15) is 0 Å². The second-order valence-electron chi connectivity index (χ2n) is 4.36. The van der Waals surface area contributed by atoms with Crippen LogP contribution in [0.2, 0.25) is 0 Å². The smallest absolute Gasteiger partial charge is 0.276 e. The Kier molecular flexibility index (Phi) is 2.82. The Morgan fingerprint density at radius 3 is 2.41 bits per heavy atom. The minimum absolute atomic E-state index is 0.270. The van der Waals surface area contributed by atoms with Gasteiger partial charge in [0.05, 0.1) is 11.0 Å². The molecular weight excluding hydrogens is 230 g/mol. The van der Waals surface area contributed by atoms with Crippen LogP contribution in [-0.2, 0) is 5.41 Å². The lowest BCUT2D eigenvalue weighted by molar-refractivity contribution is -0.386. The number of rotatable bonds is 4. The van der Waals surface area contributed by atoms with Gasteiger partial charge in [0.15, 0.2) is 11.6 Å². The predicted octanol–water partition coefficient (Wildman–Crippen LogP) is 2.25. The summed E-state index contributed by atoms with van der Waals surface area (Å²) in [6.07, 6.45) is 2.02. The maximum Gasteiger partial charge on any atom is 0.276 e. The van der Waals surface area contributed by atoms with Crippen molar-refractivity contribution in [2.24, 2.45) is 5.73 Å². The number of hydrogen-bond acceptors (Lipinski definition) is 3. The van der Waals surface area contributed by atoms with Crippen molar-refractivity contribution in [2.75, 3.05) is 6.54 Å². The van der Waals surface area contributed by atoms with E-state index in [2.05, 4.69) is 0 Å². The van der Waals surface area contributed by atoms with Crippen molar-refractivity contribution in [3.63, 3.8) is 0 Å². The summed E-state index contributed by atoms with van der Waals surface area (Å²) in [5.41, 5.74) is 4.94. The van der Waals surface area contributed by atoms with Crippen molar-refractivity contribution < 1.29 is 13.7 Å². The lowest BCUT2D eigenvalue weighted by Gasteiger charge is -2.14. The number of nitrogens with zero attached hydrogens (tertiary/aromatic N) is 1. The zero-order chi connectivity index (χ0) is 12.6. The SMILES string of the molecule is NCCC1(c2cc(F)c(F)cc2[N+](=O)[O-])CC1. The maximum atomic E-state index is 13.2. The van der Waals surface area contributed by atoms with Gasteiger partial charge in [-0.3, -0.25) is 10.1 Å². The predicted molar refractivity (Wildman–Crippen MR) is 57.6 cm³/mol. The van der Waals surface area contributed by atoms with Crippen LogP contribution < -0.4 is 5.73 Å². The van der Waals surface area contributed by atoms with E-state index < -0.39 is 22.0 Å². The number of hydrogen-bond donors (Lipinski definition) is 1. The highest BCUT2D eigenvalue weighted by atomic mass is 19.2. The minimum atomic E-state index is -1.19. The normalized spacial score (nSPS) is 16.9. The summed E-state index contributed by atoms with van der Waals surface area (Å²) >= 11 is 0. The van der Waals surface area contributed by atoms with Gasteiger partial charge < -0.3 is 5.73 Å². The zero-order valence-corrected chi connectivity index (χ0v) is 9.08.